The molecule has 1 atom stereocenters. The second-order valence-corrected chi connectivity index (χ2v) is 2.71. The average molecular weight is 154 g/mol. The fourth-order valence-corrected chi connectivity index (χ4v) is 1.29. The van der Waals surface area contributed by atoms with Crippen molar-refractivity contribution in [2.24, 2.45) is 0 Å². The number of nitrogens with one attached hydrogen (secondary N) is 1. The molecular weight excluding hydrogens is 144 g/mol. The first-order chi connectivity index (χ1) is 5.36. The van der Waals surface area contributed by atoms with Gasteiger partial charge in [0.15, 0.2) is 0 Å². The van der Waals surface area contributed by atoms with Crippen LogP contribution in [0.2, 0.25) is 0 Å². The van der Waals surface area contributed by atoms with E-state index in [1.54, 1.807) is 6.26 Å². The van der Waals surface area contributed by atoms with Gasteiger partial charge in [0.05, 0.1) is 5.69 Å². The molecule has 60 valence electrons. The maximum Gasteiger partial charge on any atom is 0.127 e. The number of nitrogens with zero attached hydrogens (tertiary/aromatic N) is 1. The lowest BCUT2D eigenvalue weighted by molar-refractivity contribution is 0.141. The molecule has 1 unspecified atom stereocenters. The number of hydrogen-bond donors (Lipinski definition) is 2. The van der Waals surface area contributed by atoms with Gasteiger partial charge >= 0.3 is 0 Å². The second kappa shape index (κ2) is 2.64. The van der Waals surface area contributed by atoms with Crippen molar-refractivity contribution in [3.8, 4) is 0 Å². The smallest absolute Gasteiger partial charge is 0.127 e. The first kappa shape index (κ1) is 6.82. The molecule has 2 N–H and O–H groups in total. The van der Waals surface area contributed by atoms with E-state index in [0.717, 1.165) is 24.2 Å². The van der Waals surface area contributed by atoms with Crippen LogP contribution in [0, 0.1) is 0 Å². The summed E-state index contributed by atoms with van der Waals surface area (Å²) in [4.78, 5) is 0. The lowest BCUT2D eigenvalue weighted by Gasteiger charge is -2.05. The standard InChI is InChI=1S/C7H10N2O2/c10-7-3-5-4-11-9-6(5)1-2-8-7/h4,7-8,10H,1-3H2. The first-order valence-electron chi connectivity index (χ1n) is 3.70. The molecule has 0 radical (unpaired) electrons. The van der Waals surface area contributed by atoms with Gasteiger partial charge < -0.3 is 9.63 Å². The van der Waals surface area contributed by atoms with E-state index in [0.29, 0.717) is 6.42 Å². The largest absolute Gasteiger partial charge is 0.378 e. The summed E-state index contributed by atoms with van der Waals surface area (Å²) in [6.45, 7) is 0.765. The van der Waals surface area contributed by atoms with E-state index in [-0.39, 0.29) is 0 Å². The predicted octanol–water partition coefficient (Wildman–Crippen LogP) is -0.319. The van der Waals surface area contributed by atoms with Crippen molar-refractivity contribution in [1.82, 2.24) is 10.5 Å². The molecule has 4 heteroatoms. The Hall–Kier alpha value is -0.870. The van der Waals surface area contributed by atoms with Crippen molar-refractivity contribution in [1.29, 1.82) is 0 Å². The van der Waals surface area contributed by atoms with Gasteiger partial charge in [-0.3, -0.25) is 5.32 Å². The maximum absolute atomic E-state index is 9.27. The number of aromatic nitrogens is 1. The normalized spacial score (nSPS) is 24.3. The van der Waals surface area contributed by atoms with Crippen LogP contribution in [-0.2, 0) is 12.8 Å². The Labute approximate surface area is 64.2 Å². The minimum absolute atomic E-state index is 0.448. The van der Waals surface area contributed by atoms with Gasteiger partial charge in [-0.25, -0.2) is 0 Å². The summed E-state index contributed by atoms with van der Waals surface area (Å²) in [7, 11) is 0. The van der Waals surface area contributed by atoms with Gasteiger partial charge in [0.25, 0.3) is 0 Å². The minimum Gasteiger partial charge on any atom is -0.378 e. The summed E-state index contributed by atoms with van der Waals surface area (Å²) in [5, 5.41) is 16.1. The molecule has 0 amide bonds. The summed E-state index contributed by atoms with van der Waals surface area (Å²) in [5.74, 6) is 0. The average Bonchev–Trinajstić information content (AvgIpc) is 2.31. The van der Waals surface area contributed by atoms with Crippen LogP contribution in [0.5, 0.6) is 0 Å². The van der Waals surface area contributed by atoms with Gasteiger partial charge in [0, 0.05) is 24.9 Å². The lowest BCUT2D eigenvalue weighted by Crippen LogP contribution is -2.29. The Bertz CT molecular complexity index is 246. The fourth-order valence-electron chi connectivity index (χ4n) is 1.29. The van der Waals surface area contributed by atoms with E-state index in [4.69, 9.17) is 4.52 Å². The molecule has 0 aliphatic carbocycles. The highest BCUT2D eigenvalue weighted by molar-refractivity contribution is 5.17. The van der Waals surface area contributed by atoms with E-state index in [1.807, 2.05) is 0 Å². The third-order valence-corrected chi connectivity index (χ3v) is 1.88. The van der Waals surface area contributed by atoms with Crippen molar-refractivity contribution in [3.05, 3.63) is 17.5 Å². The molecule has 1 aliphatic heterocycles. The van der Waals surface area contributed by atoms with Crippen LogP contribution >= 0.6 is 0 Å². The summed E-state index contributed by atoms with van der Waals surface area (Å²) in [5.41, 5.74) is 1.98. The molecule has 2 rings (SSSR count). The van der Waals surface area contributed by atoms with Gasteiger partial charge in [-0.2, -0.15) is 0 Å². The van der Waals surface area contributed by atoms with Gasteiger partial charge in [0.1, 0.15) is 12.5 Å². The zero-order valence-corrected chi connectivity index (χ0v) is 6.08. The molecule has 0 saturated heterocycles. The van der Waals surface area contributed by atoms with Crippen molar-refractivity contribution >= 4 is 0 Å². The maximum atomic E-state index is 9.27. The van der Waals surface area contributed by atoms with Crippen LogP contribution in [0.15, 0.2) is 10.8 Å². The molecule has 0 saturated carbocycles. The molecule has 0 fully saturated rings. The summed E-state index contributed by atoms with van der Waals surface area (Å²) in [6, 6.07) is 0. The molecule has 2 heterocycles. The zero-order chi connectivity index (χ0) is 7.68. The minimum atomic E-state index is -0.448. The monoisotopic (exact) mass is 154 g/mol. The number of fused-ring (bicyclic) bond motifs is 1. The lowest BCUT2D eigenvalue weighted by atomic mass is 10.1. The first-order valence-corrected chi connectivity index (χ1v) is 3.70. The molecular formula is C7H10N2O2. The van der Waals surface area contributed by atoms with E-state index >= 15 is 0 Å². The SMILES string of the molecule is OC1Cc2conc2CCN1. The number of rotatable bonds is 0. The molecule has 0 spiro atoms. The van der Waals surface area contributed by atoms with E-state index in [9.17, 15) is 5.11 Å². The molecule has 0 bridgehead atoms. The number of aliphatic hydroxyl groups excluding tert-OH is 1. The van der Waals surface area contributed by atoms with Gasteiger partial charge in [0.2, 0.25) is 0 Å². The number of hydrogen-bond acceptors (Lipinski definition) is 4. The molecule has 1 aromatic heterocycles. The highest BCUT2D eigenvalue weighted by Gasteiger charge is 2.15. The van der Waals surface area contributed by atoms with Crippen LogP contribution < -0.4 is 5.32 Å². The molecule has 0 aromatic carbocycles. The molecule has 1 aromatic rings. The van der Waals surface area contributed by atoms with Crippen molar-refractivity contribution in [2.75, 3.05) is 6.54 Å². The molecule has 11 heavy (non-hydrogen) atoms. The van der Waals surface area contributed by atoms with Gasteiger partial charge in [-0.05, 0) is 0 Å². The Morgan fingerprint density at radius 3 is 3.55 bits per heavy atom. The van der Waals surface area contributed by atoms with E-state index in [1.165, 1.54) is 0 Å². The van der Waals surface area contributed by atoms with Crippen molar-refractivity contribution in [2.45, 2.75) is 19.1 Å². The fraction of sp³-hybridized carbons (Fsp3) is 0.571. The molecule has 4 nitrogen and oxygen atoms in total. The van der Waals surface area contributed by atoms with E-state index < -0.39 is 6.23 Å². The topological polar surface area (TPSA) is 58.3 Å². The third kappa shape index (κ3) is 1.27. The van der Waals surface area contributed by atoms with Crippen LogP contribution in [0.4, 0.5) is 0 Å². The van der Waals surface area contributed by atoms with Crippen LogP contribution in [-0.4, -0.2) is 23.0 Å². The summed E-state index contributed by atoms with van der Waals surface area (Å²) >= 11 is 0. The van der Waals surface area contributed by atoms with Crippen molar-refractivity contribution in [3.63, 3.8) is 0 Å². The van der Waals surface area contributed by atoms with E-state index in [2.05, 4.69) is 10.5 Å². The highest BCUT2D eigenvalue weighted by Crippen LogP contribution is 2.11. The Balaban J connectivity index is 2.26. The van der Waals surface area contributed by atoms with Gasteiger partial charge in [-0.1, -0.05) is 5.16 Å². The zero-order valence-electron chi connectivity index (χ0n) is 6.08. The van der Waals surface area contributed by atoms with Gasteiger partial charge in [-0.15, -0.1) is 0 Å². The summed E-state index contributed by atoms with van der Waals surface area (Å²) in [6.07, 6.45) is 2.59. The highest BCUT2D eigenvalue weighted by atomic mass is 16.5. The number of aliphatic hydroxyl groups is 1. The molecule has 1 aliphatic rings. The third-order valence-electron chi connectivity index (χ3n) is 1.88. The predicted molar refractivity (Wildman–Crippen MR) is 37.9 cm³/mol. The van der Waals surface area contributed by atoms with Crippen LogP contribution in [0.1, 0.15) is 11.3 Å². The Kier molecular flexibility index (Phi) is 1.63. The van der Waals surface area contributed by atoms with Crippen molar-refractivity contribution < 1.29 is 9.63 Å². The quantitative estimate of drug-likeness (QED) is 0.537. The van der Waals surface area contributed by atoms with Crippen LogP contribution in [0.3, 0.4) is 0 Å². The second-order valence-electron chi connectivity index (χ2n) is 2.71. The summed E-state index contributed by atoms with van der Waals surface area (Å²) < 4.78 is 4.78. The Morgan fingerprint density at radius 2 is 2.64 bits per heavy atom. The van der Waals surface area contributed by atoms with Crippen LogP contribution in [0.25, 0.3) is 0 Å². The Morgan fingerprint density at radius 1 is 1.73 bits per heavy atom.